The van der Waals surface area contributed by atoms with Crippen LogP contribution in [0.25, 0.3) is 0 Å². The monoisotopic (exact) mass is 294 g/mol. The highest BCUT2D eigenvalue weighted by Gasteiger charge is 2.24. The molecular weight excluding hydrogens is 286 g/mol. The molecule has 3 N–H and O–H groups in total. The lowest BCUT2D eigenvalue weighted by molar-refractivity contribution is -0.384. The fraction of sp³-hybridized carbons (Fsp3) is 0.143. The fourth-order valence-electron chi connectivity index (χ4n) is 1.18. The Morgan fingerprint density at radius 2 is 1.83 bits per heavy atom. The molecule has 0 bridgehead atoms. The zero-order valence-corrected chi connectivity index (χ0v) is 10.3. The summed E-state index contributed by atoms with van der Waals surface area (Å²) in [5.74, 6) is 0. The van der Waals surface area contributed by atoms with E-state index in [4.69, 9.17) is 5.14 Å². The Morgan fingerprint density at radius 1 is 1.33 bits per heavy atom. The average Bonchev–Trinajstić information content (AvgIpc) is 2.24. The van der Waals surface area contributed by atoms with Crippen LogP contribution in [-0.4, -0.2) is 22.1 Å². The second-order valence-corrected chi connectivity index (χ2v) is 5.52. The Kier molecular flexibility index (Phi) is 4.48. The molecule has 2 unspecified atom stereocenters. The van der Waals surface area contributed by atoms with Crippen molar-refractivity contribution in [1.29, 1.82) is 0 Å². The smallest absolute Gasteiger partial charge is 0.269 e. The van der Waals surface area contributed by atoms with Gasteiger partial charge in [-0.15, -0.1) is 0 Å². The van der Waals surface area contributed by atoms with Crippen LogP contribution in [0, 0.1) is 10.1 Å². The molecule has 0 aliphatic heterocycles. The quantitative estimate of drug-likeness (QED) is 0.414. The molecule has 0 aromatic heterocycles. The van der Waals surface area contributed by atoms with Crippen molar-refractivity contribution in [2.75, 3.05) is 0 Å². The van der Waals surface area contributed by atoms with E-state index in [-0.39, 0.29) is 11.3 Å². The van der Waals surface area contributed by atoms with E-state index in [0.717, 1.165) is 24.3 Å². The zero-order chi connectivity index (χ0) is 13.9. The van der Waals surface area contributed by atoms with Crippen molar-refractivity contribution in [2.45, 2.75) is 5.37 Å². The van der Waals surface area contributed by atoms with Gasteiger partial charge in [0.25, 0.3) is 5.69 Å². The van der Waals surface area contributed by atoms with Crippen molar-refractivity contribution in [2.24, 2.45) is 5.14 Å². The Bertz CT molecular complexity index is 569. The number of nitro benzene ring substituents is 1. The summed E-state index contributed by atoms with van der Waals surface area (Å²) in [5, 5.41) is 13.6. The summed E-state index contributed by atoms with van der Waals surface area (Å²) in [4.78, 5) is 9.73. The first-order valence-electron chi connectivity index (χ1n) is 4.33. The molecule has 1 rings (SSSR count). The first kappa shape index (κ1) is 14.7. The minimum Gasteiger partial charge on any atom is -0.760 e. The molecule has 0 saturated heterocycles. The largest absolute Gasteiger partial charge is 0.760 e. The van der Waals surface area contributed by atoms with Crippen molar-refractivity contribution < 1.29 is 22.1 Å². The minimum atomic E-state index is -4.22. The Morgan fingerprint density at radius 3 is 2.17 bits per heavy atom. The van der Waals surface area contributed by atoms with Crippen LogP contribution < -0.4 is 9.86 Å². The highest BCUT2D eigenvalue weighted by atomic mass is 32.2. The third-order valence-electron chi connectivity index (χ3n) is 1.94. The number of non-ortho nitro benzene ring substituents is 1. The SMILES string of the molecule is NS(=O)(=O)C(NS(=O)[O-])c1ccc([N+](=O)[O-])cc1. The van der Waals surface area contributed by atoms with E-state index in [0.29, 0.717) is 0 Å². The van der Waals surface area contributed by atoms with Crippen LogP contribution in [0.3, 0.4) is 0 Å². The molecule has 2 atom stereocenters. The van der Waals surface area contributed by atoms with E-state index < -0.39 is 31.6 Å². The lowest BCUT2D eigenvalue weighted by Crippen LogP contribution is -2.34. The molecule has 0 radical (unpaired) electrons. The van der Waals surface area contributed by atoms with Gasteiger partial charge in [0, 0.05) is 23.4 Å². The van der Waals surface area contributed by atoms with Gasteiger partial charge in [-0.25, -0.2) is 18.3 Å². The van der Waals surface area contributed by atoms with Crippen molar-refractivity contribution >= 4 is 27.0 Å². The van der Waals surface area contributed by atoms with Gasteiger partial charge in [-0.1, -0.05) is 0 Å². The summed E-state index contributed by atoms with van der Waals surface area (Å²) < 4.78 is 45.0. The summed E-state index contributed by atoms with van der Waals surface area (Å²) in [7, 11) is -4.22. The molecule has 0 aliphatic rings. The van der Waals surface area contributed by atoms with Gasteiger partial charge >= 0.3 is 0 Å². The van der Waals surface area contributed by atoms with Crippen LogP contribution in [-0.2, 0) is 21.3 Å². The van der Waals surface area contributed by atoms with Gasteiger partial charge in [-0.2, -0.15) is 0 Å². The molecule has 18 heavy (non-hydrogen) atoms. The standard InChI is InChI=1S/C7H9N3O6S2/c8-18(15,16)7(9-17(13)14)5-1-3-6(4-2-5)10(11)12/h1-4,7,9H,(H,13,14)(H2,8,15,16)/p-1. The second-order valence-electron chi connectivity index (χ2n) is 3.17. The van der Waals surface area contributed by atoms with E-state index in [9.17, 15) is 27.3 Å². The Hall–Kier alpha value is -1.40. The number of primary sulfonamides is 1. The molecule has 11 heteroatoms. The predicted molar refractivity (Wildman–Crippen MR) is 61.0 cm³/mol. The van der Waals surface area contributed by atoms with E-state index in [1.807, 2.05) is 0 Å². The van der Waals surface area contributed by atoms with E-state index in [1.54, 1.807) is 4.72 Å². The van der Waals surface area contributed by atoms with Crippen LogP contribution in [0.4, 0.5) is 5.69 Å². The lowest BCUT2D eigenvalue weighted by atomic mass is 10.2. The van der Waals surface area contributed by atoms with Crippen molar-refractivity contribution in [3.8, 4) is 0 Å². The zero-order valence-electron chi connectivity index (χ0n) is 8.68. The number of nitrogens with two attached hydrogens (primary N) is 1. The van der Waals surface area contributed by atoms with Crippen LogP contribution in [0.15, 0.2) is 24.3 Å². The molecule has 0 amide bonds. The first-order valence-corrected chi connectivity index (χ1v) is 7.01. The van der Waals surface area contributed by atoms with Crippen LogP contribution in [0.1, 0.15) is 10.9 Å². The van der Waals surface area contributed by atoms with Crippen LogP contribution in [0.5, 0.6) is 0 Å². The van der Waals surface area contributed by atoms with Gasteiger partial charge < -0.3 is 4.55 Å². The van der Waals surface area contributed by atoms with Gasteiger partial charge in [-0.3, -0.25) is 14.3 Å². The number of hydrogen-bond donors (Lipinski definition) is 2. The minimum absolute atomic E-state index is 0.0210. The number of rotatable bonds is 5. The molecular formula is C7H8N3O6S2-. The van der Waals surface area contributed by atoms with Gasteiger partial charge in [-0.05, 0) is 17.7 Å². The third kappa shape index (κ3) is 3.82. The molecule has 0 spiro atoms. The Balaban J connectivity index is 3.14. The van der Waals surface area contributed by atoms with Crippen LogP contribution >= 0.6 is 0 Å². The third-order valence-corrected chi connectivity index (χ3v) is 3.56. The fourth-order valence-corrected chi connectivity index (χ4v) is 2.80. The number of nitrogens with zero attached hydrogens (tertiary/aromatic N) is 1. The molecule has 9 nitrogen and oxygen atoms in total. The topological polar surface area (TPSA) is 155 Å². The predicted octanol–water partition coefficient (Wildman–Crippen LogP) is -0.734. The molecule has 0 fully saturated rings. The molecule has 100 valence electrons. The number of nitrogens with one attached hydrogen (secondary N) is 1. The van der Waals surface area contributed by atoms with E-state index in [1.165, 1.54) is 0 Å². The van der Waals surface area contributed by atoms with Gasteiger partial charge in [0.2, 0.25) is 10.0 Å². The maximum absolute atomic E-state index is 11.2. The van der Waals surface area contributed by atoms with Crippen molar-refractivity contribution in [3.05, 3.63) is 39.9 Å². The number of nitro groups is 1. The van der Waals surface area contributed by atoms with E-state index in [2.05, 4.69) is 0 Å². The van der Waals surface area contributed by atoms with Crippen LogP contribution in [0.2, 0.25) is 0 Å². The Labute approximate surface area is 105 Å². The number of sulfonamides is 1. The maximum Gasteiger partial charge on any atom is 0.269 e. The second kappa shape index (κ2) is 5.49. The number of benzene rings is 1. The van der Waals surface area contributed by atoms with E-state index >= 15 is 0 Å². The molecule has 1 aromatic rings. The molecule has 0 saturated carbocycles. The van der Waals surface area contributed by atoms with Gasteiger partial charge in [0.15, 0.2) is 5.37 Å². The lowest BCUT2D eigenvalue weighted by Gasteiger charge is -2.18. The summed E-state index contributed by atoms with van der Waals surface area (Å²) in [6.07, 6.45) is 0. The average molecular weight is 294 g/mol. The number of hydrogen-bond acceptors (Lipinski definition) is 6. The summed E-state index contributed by atoms with van der Waals surface area (Å²) in [6, 6.07) is 4.30. The highest BCUT2D eigenvalue weighted by Crippen LogP contribution is 2.20. The molecule has 0 aliphatic carbocycles. The molecule has 0 heterocycles. The van der Waals surface area contributed by atoms with Crippen molar-refractivity contribution in [1.82, 2.24) is 4.72 Å². The summed E-state index contributed by atoms with van der Waals surface area (Å²) in [6.45, 7) is 0. The normalized spacial score (nSPS) is 15.0. The summed E-state index contributed by atoms with van der Waals surface area (Å²) >= 11 is -2.85. The maximum atomic E-state index is 11.2. The van der Waals surface area contributed by atoms with Gasteiger partial charge in [0.05, 0.1) is 4.92 Å². The van der Waals surface area contributed by atoms with Gasteiger partial charge in [0.1, 0.15) is 0 Å². The first-order chi connectivity index (χ1) is 8.21. The molecule has 1 aromatic carbocycles. The van der Waals surface area contributed by atoms with Crippen molar-refractivity contribution in [3.63, 3.8) is 0 Å². The highest BCUT2D eigenvalue weighted by molar-refractivity contribution is 7.90. The summed E-state index contributed by atoms with van der Waals surface area (Å²) in [5.41, 5.74) is -0.275.